The fourth-order valence-electron chi connectivity index (χ4n) is 3.97. The van der Waals surface area contributed by atoms with Crippen LogP contribution in [0.15, 0.2) is 59.6 Å². The van der Waals surface area contributed by atoms with Gasteiger partial charge in [-0.1, -0.05) is 42.5 Å². The Hall–Kier alpha value is -2.83. The molecule has 2 aliphatic rings. The zero-order valence-electron chi connectivity index (χ0n) is 16.4. The third-order valence-corrected chi connectivity index (χ3v) is 5.51. The molecule has 3 atom stereocenters. The first-order valence-corrected chi connectivity index (χ1v) is 9.97. The molecule has 1 saturated heterocycles. The van der Waals surface area contributed by atoms with Crippen LogP contribution in [0, 0.1) is 0 Å². The number of halogens is 2. The van der Waals surface area contributed by atoms with Crippen LogP contribution in [-0.2, 0) is 0 Å². The molecule has 1 aliphatic carbocycles. The average Bonchev–Trinajstić information content (AvgIpc) is 3.35. The Labute approximate surface area is 169 Å². The van der Waals surface area contributed by atoms with Crippen molar-refractivity contribution in [2.45, 2.75) is 37.5 Å². The number of ether oxygens (including phenoxy) is 1. The largest absolute Gasteiger partial charge is 0.433 e. The van der Waals surface area contributed by atoms with Gasteiger partial charge in [0.25, 0.3) is 0 Å². The molecule has 5 nitrogen and oxygen atoms in total. The minimum atomic E-state index is -2.83. The normalized spacial score (nSPS) is 23.9. The van der Waals surface area contributed by atoms with Gasteiger partial charge in [-0.2, -0.15) is 8.78 Å². The number of guanidine groups is 1. The number of anilines is 1. The number of alkyl halides is 2. The summed E-state index contributed by atoms with van der Waals surface area (Å²) in [6.07, 6.45) is 2.00. The standard InChI is InChI=1S/C22H26F2N4O/c1-25-22(27-18-13-17(18)15-7-3-2-4-8-15)26-16-11-12-28(14-16)19-9-5-6-10-20(19)29-21(23)24/h2-10,16-18,21H,11-14H2,1H3,(H2,25,26,27). The molecule has 4 rings (SSSR count). The maximum atomic E-state index is 12.7. The van der Waals surface area contributed by atoms with Gasteiger partial charge in [-0.3, -0.25) is 4.99 Å². The van der Waals surface area contributed by atoms with Gasteiger partial charge < -0.3 is 20.3 Å². The smallest absolute Gasteiger partial charge is 0.387 e. The van der Waals surface area contributed by atoms with Crippen LogP contribution in [0.1, 0.15) is 24.3 Å². The van der Waals surface area contributed by atoms with Crippen molar-refractivity contribution in [2.24, 2.45) is 4.99 Å². The van der Waals surface area contributed by atoms with Crippen molar-refractivity contribution in [3.63, 3.8) is 0 Å². The van der Waals surface area contributed by atoms with Gasteiger partial charge in [0.15, 0.2) is 5.96 Å². The summed E-state index contributed by atoms with van der Waals surface area (Å²) in [4.78, 5) is 6.44. The van der Waals surface area contributed by atoms with E-state index in [1.165, 1.54) is 5.56 Å². The maximum absolute atomic E-state index is 12.7. The molecule has 0 bridgehead atoms. The fraction of sp³-hybridized carbons (Fsp3) is 0.409. The molecule has 154 valence electrons. The van der Waals surface area contributed by atoms with Crippen molar-refractivity contribution in [3.05, 3.63) is 60.2 Å². The lowest BCUT2D eigenvalue weighted by Gasteiger charge is -2.22. The van der Waals surface area contributed by atoms with Gasteiger partial charge in [-0.25, -0.2) is 0 Å². The topological polar surface area (TPSA) is 48.9 Å². The first-order chi connectivity index (χ1) is 14.1. The highest BCUT2D eigenvalue weighted by Gasteiger charge is 2.39. The van der Waals surface area contributed by atoms with Crippen molar-refractivity contribution in [1.29, 1.82) is 0 Å². The zero-order valence-corrected chi connectivity index (χ0v) is 16.4. The molecule has 1 heterocycles. The van der Waals surface area contributed by atoms with Crippen LogP contribution < -0.4 is 20.3 Å². The zero-order chi connectivity index (χ0) is 20.2. The van der Waals surface area contributed by atoms with E-state index >= 15 is 0 Å². The fourth-order valence-corrected chi connectivity index (χ4v) is 3.97. The third kappa shape index (κ3) is 4.78. The van der Waals surface area contributed by atoms with Gasteiger partial charge in [0.1, 0.15) is 5.75 Å². The van der Waals surface area contributed by atoms with E-state index in [0.29, 0.717) is 24.2 Å². The van der Waals surface area contributed by atoms with Crippen molar-refractivity contribution in [3.8, 4) is 5.75 Å². The number of nitrogens with one attached hydrogen (secondary N) is 2. The maximum Gasteiger partial charge on any atom is 0.387 e. The van der Waals surface area contributed by atoms with E-state index in [1.54, 1.807) is 19.2 Å². The minimum absolute atomic E-state index is 0.190. The lowest BCUT2D eigenvalue weighted by Crippen LogP contribution is -2.45. The summed E-state index contributed by atoms with van der Waals surface area (Å²) in [5.74, 6) is 1.53. The van der Waals surface area contributed by atoms with Gasteiger partial charge in [-0.15, -0.1) is 0 Å². The average molecular weight is 400 g/mol. The molecule has 1 saturated carbocycles. The molecular weight excluding hydrogens is 374 g/mol. The molecular formula is C22H26F2N4O. The lowest BCUT2D eigenvalue weighted by atomic mass is 10.1. The molecule has 2 N–H and O–H groups in total. The molecule has 1 aliphatic heterocycles. The molecule has 2 aromatic rings. The minimum Gasteiger partial charge on any atom is -0.433 e. The van der Waals surface area contributed by atoms with E-state index in [0.717, 1.165) is 25.3 Å². The van der Waals surface area contributed by atoms with Crippen molar-refractivity contribution in [1.82, 2.24) is 10.6 Å². The molecule has 2 fully saturated rings. The molecule has 0 spiro atoms. The summed E-state index contributed by atoms with van der Waals surface area (Å²) in [6.45, 7) is -1.35. The predicted molar refractivity (Wildman–Crippen MR) is 111 cm³/mol. The Morgan fingerprint density at radius 2 is 1.86 bits per heavy atom. The predicted octanol–water partition coefficient (Wildman–Crippen LogP) is 3.59. The van der Waals surface area contributed by atoms with Crippen LogP contribution in [0.5, 0.6) is 5.75 Å². The monoisotopic (exact) mass is 400 g/mol. The summed E-state index contributed by atoms with van der Waals surface area (Å²) in [7, 11) is 1.77. The van der Waals surface area contributed by atoms with E-state index in [1.807, 2.05) is 18.2 Å². The first-order valence-electron chi connectivity index (χ1n) is 9.97. The number of hydrogen-bond donors (Lipinski definition) is 2. The summed E-state index contributed by atoms with van der Waals surface area (Å²) in [6, 6.07) is 18.0. The van der Waals surface area contributed by atoms with Gasteiger partial charge in [0, 0.05) is 38.1 Å². The lowest BCUT2D eigenvalue weighted by molar-refractivity contribution is -0.0495. The van der Waals surface area contributed by atoms with Gasteiger partial charge >= 0.3 is 6.61 Å². The highest BCUT2D eigenvalue weighted by atomic mass is 19.3. The van der Waals surface area contributed by atoms with E-state index in [-0.39, 0.29) is 11.8 Å². The van der Waals surface area contributed by atoms with Crippen LogP contribution >= 0.6 is 0 Å². The van der Waals surface area contributed by atoms with Crippen molar-refractivity contribution >= 4 is 11.6 Å². The molecule has 0 aromatic heterocycles. The Balaban J connectivity index is 1.32. The van der Waals surface area contributed by atoms with Crippen LogP contribution in [-0.4, -0.2) is 44.8 Å². The summed E-state index contributed by atoms with van der Waals surface area (Å²) in [5, 5.41) is 6.98. The van der Waals surface area contributed by atoms with E-state index < -0.39 is 6.61 Å². The number of benzene rings is 2. The second-order valence-corrected chi connectivity index (χ2v) is 7.50. The Morgan fingerprint density at radius 3 is 2.62 bits per heavy atom. The second-order valence-electron chi connectivity index (χ2n) is 7.50. The van der Waals surface area contributed by atoms with E-state index in [4.69, 9.17) is 0 Å². The molecule has 0 amide bonds. The SMILES string of the molecule is CN=C(NC1CCN(c2ccccc2OC(F)F)C1)NC1CC1c1ccccc1. The number of aliphatic imine (C=N–C) groups is 1. The van der Waals surface area contributed by atoms with Gasteiger partial charge in [0.05, 0.1) is 5.69 Å². The van der Waals surface area contributed by atoms with Crippen molar-refractivity contribution in [2.75, 3.05) is 25.0 Å². The molecule has 29 heavy (non-hydrogen) atoms. The summed E-state index contributed by atoms with van der Waals surface area (Å²) >= 11 is 0. The molecule has 0 radical (unpaired) electrons. The third-order valence-electron chi connectivity index (χ3n) is 5.51. The number of nitrogens with zero attached hydrogens (tertiary/aromatic N) is 2. The second kappa shape index (κ2) is 8.68. The Bertz CT molecular complexity index is 846. The molecule has 2 aromatic carbocycles. The number of para-hydroxylation sites is 2. The van der Waals surface area contributed by atoms with Crippen LogP contribution in [0.3, 0.4) is 0 Å². The van der Waals surface area contributed by atoms with Crippen LogP contribution in [0.4, 0.5) is 14.5 Å². The quantitative estimate of drug-likeness (QED) is 0.575. The van der Waals surface area contributed by atoms with Gasteiger partial charge in [0.2, 0.25) is 0 Å². The molecule has 7 heteroatoms. The number of rotatable bonds is 6. The summed E-state index contributed by atoms with van der Waals surface area (Å²) in [5.41, 5.74) is 2.05. The highest BCUT2D eigenvalue weighted by Crippen LogP contribution is 2.40. The Kier molecular flexibility index (Phi) is 5.83. The highest BCUT2D eigenvalue weighted by molar-refractivity contribution is 5.81. The van der Waals surface area contributed by atoms with Crippen LogP contribution in [0.25, 0.3) is 0 Å². The van der Waals surface area contributed by atoms with Gasteiger partial charge in [-0.05, 0) is 30.5 Å². The first kappa shape index (κ1) is 19.5. The van der Waals surface area contributed by atoms with E-state index in [9.17, 15) is 8.78 Å². The Morgan fingerprint density at radius 1 is 1.10 bits per heavy atom. The molecule has 3 unspecified atom stereocenters. The number of hydrogen-bond acceptors (Lipinski definition) is 3. The van der Waals surface area contributed by atoms with Crippen molar-refractivity contribution < 1.29 is 13.5 Å². The van der Waals surface area contributed by atoms with E-state index in [2.05, 4.69) is 49.5 Å². The van der Waals surface area contributed by atoms with Crippen LogP contribution in [0.2, 0.25) is 0 Å². The summed E-state index contributed by atoms with van der Waals surface area (Å²) < 4.78 is 30.1.